The second kappa shape index (κ2) is 5.22. The number of nitrogens with zero attached hydrogens (tertiary/aromatic N) is 2. The molecular formula is C16H13ClN2O2. The molecule has 0 spiro atoms. The van der Waals surface area contributed by atoms with Crippen LogP contribution in [0.2, 0.25) is 5.02 Å². The van der Waals surface area contributed by atoms with Gasteiger partial charge in [0.05, 0.1) is 11.4 Å². The van der Waals surface area contributed by atoms with Gasteiger partial charge < -0.3 is 4.90 Å². The summed E-state index contributed by atoms with van der Waals surface area (Å²) in [7, 11) is 1.65. The Labute approximate surface area is 127 Å². The summed E-state index contributed by atoms with van der Waals surface area (Å²) in [6.45, 7) is 0. The fourth-order valence-corrected chi connectivity index (χ4v) is 2.58. The van der Waals surface area contributed by atoms with Crippen molar-refractivity contribution in [3.05, 3.63) is 53.6 Å². The molecule has 106 valence electrons. The number of hydrogen-bond acceptors (Lipinski definition) is 2. The lowest BCUT2D eigenvalue weighted by molar-refractivity contribution is -0.125. The summed E-state index contributed by atoms with van der Waals surface area (Å²) < 4.78 is 0. The minimum absolute atomic E-state index is 0.169. The molecule has 0 saturated heterocycles. The molecule has 0 unspecified atom stereocenters. The van der Waals surface area contributed by atoms with Crippen molar-refractivity contribution in [2.45, 2.75) is 6.42 Å². The van der Waals surface area contributed by atoms with Crippen molar-refractivity contribution in [3.63, 3.8) is 0 Å². The molecule has 0 radical (unpaired) electrons. The molecule has 21 heavy (non-hydrogen) atoms. The molecular weight excluding hydrogens is 294 g/mol. The SMILES string of the molecule is CN1C(=O)CC(=O)N([13c]2[13cH][13cH][13cH][13cH][13cH]2)c2ccc(Cl)cc21. The van der Waals surface area contributed by atoms with Crippen LogP contribution in [0.15, 0.2) is 48.5 Å². The van der Waals surface area contributed by atoms with E-state index in [4.69, 9.17) is 11.6 Å². The topological polar surface area (TPSA) is 40.6 Å². The third-order valence-corrected chi connectivity index (χ3v) is 3.72. The van der Waals surface area contributed by atoms with E-state index in [1.165, 1.54) is 4.90 Å². The highest BCUT2D eigenvalue weighted by Gasteiger charge is 2.30. The predicted octanol–water partition coefficient (Wildman–Crippen LogP) is 3.37. The van der Waals surface area contributed by atoms with E-state index in [0.717, 1.165) is 5.69 Å². The summed E-state index contributed by atoms with van der Waals surface area (Å²) in [5.74, 6) is -0.499. The summed E-state index contributed by atoms with van der Waals surface area (Å²) in [6.07, 6.45) is -0.169. The number of rotatable bonds is 1. The quantitative estimate of drug-likeness (QED) is 0.758. The molecule has 0 N–H and O–H groups in total. The van der Waals surface area contributed by atoms with Gasteiger partial charge in [-0.3, -0.25) is 14.5 Å². The average Bonchev–Trinajstić information content (AvgIpc) is 2.57. The Bertz CT molecular complexity index is 715. The van der Waals surface area contributed by atoms with Crippen LogP contribution in [0.3, 0.4) is 0 Å². The Kier molecular flexibility index (Phi) is 3.39. The van der Waals surface area contributed by atoms with Crippen molar-refractivity contribution in [2.24, 2.45) is 0 Å². The molecule has 5 heteroatoms. The van der Waals surface area contributed by atoms with Crippen LogP contribution in [-0.4, -0.2) is 18.9 Å². The predicted molar refractivity (Wildman–Crippen MR) is 83.1 cm³/mol. The van der Waals surface area contributed by atoms with Crippen LogP contribution in [0.5, 0.6) is 0 Å². The number of halogens is 1. The maximum absolute atomic E-state index is 12.5. The lowest BCUT2D eigenvalue weighted by Gasteiger charge is -2.24. The van der Waals surface area contributed by atoms with Crippen LogP contribution >= 0.6 is 11.6 Å². The second-order valence-electron chi connectivity index (χ2n) is 4.83. The fraction of sp³-hybridized carbons (Fsp3) is 0.125. The highest BCUT2D eigenvalue weighted by molar-refractivity contribution is 6.31. The normalized spacial score (nSPS) is 15.0. The molecule has 0 fully saturated rings. The van der Waals surface area contributed by atoms with Crippen LogP contribution in [-0.2, 0) is 9.59 Å². The van der Waals surface area contributed by atoms with E-state index in [1.54, 1.807) is 30.1 Å². The van der Waals surface area contributed by atoms with Crippen LogP contribution in [0, 0.1) is 0 Å². The summed E-state index contributed by atoms with van der Waals surface area (Å²) in [6, 6.07) is 14.4. The highest BCUT2D eigenvalue weighted by atomic mass is 35.5. The van der Waals surface area contributed by atoms with Gasteiger partial charge >= 0.3 is 0 Å². The van der Waals surface area contributed by atoms with E-state index in [1.807, 2.05) is 30.3 Å². The molecule has 4 nitrogen and oxygen atoms in total. The summed E-state index contributed by atoms with van der Waals surface area (Å²) in [5.41, 5.74) is 2.01. The van der Waals surface area contributed by atoms with E-state index in [2.05, 4.69) is 0 Å². The van der Waals surface area contributed by atoms with Gasteiger partial charge in [-0.25, -0.2) is 0 Å². The Morgan fingerprint density at radius 1 is 0.952 bits per heavy atom. The van der Waals surface area contributed by atoms with Crippen molar-refractivity contribution in [2.75, 3.05) is 16.8 Å². The van der Waals surface area contributed by atoms with Gasteiger partial charge in [0.1, 0.15) is 6.42 Å². The summed E-state index contributed by atoms with van der Waals surface area (Å²) in [5, 5.41) is 0.524. The monoisotopic (exact) mass is 306 g/mol. The number of carbonyl (C=O) groups is 2. The molecule has 0 aliphatic carbocycles. The Balaban J connectivity index is 2.23. The third kappa shape index (κ3) is 2.38. The van der Waals surface area contributed by atoms with Crippen molar-refractivity contribution in [1.29, 1.82) is 0 Å². The molecule has 0 atom stereocenters. The first-order valence-electron chi connectivity index (χ1n) is 6.52. The zero-order valence-electron chi connectivity index (χ0n) is 11.4. The number of anilines is 3. The molecule has 2 aromatic carbocycles. The lowest BCUT2D eigenvalue weighted by Crippen LogP contribution is -2.28. The molecule has 0 bridgehead atoms. The first kappa shape index (κ1) is 13.6. The smallest absolute Gasteiger partial charge is 0.241 e. The lowest BCUT2D eigenvalue weighted by atomic mass is 10.2. The standard InChI is InChI=1S/C16H13ClN2O2/c1-18-14-9-11(17)7-8-13(14)19(16(21)10-15(18)20)12-5-3-2-4-6-12/h2-9H,10H2,1H3/i2+1,3+1,4+1,5+1,6+1,12+1. The fourth-order valence-electron chi connectivity index (χ4n) is 2.41. The molecule has 2 aromatic rings. The van der Waals surface area contributed by atoms with Crippen LogP contribution in [0.4, 0.5) is 17.1 Å². The van der Waals surface area contributed by atoms with Gasteiger partial charge in [-0.1, -0.05) is 29.8 Å². The van der Waals surface area contributed by atoms with E-state index >= 15 is 0 Å². The van der Waals surface area contributed by atoms with Crippen LogP contribution in [0.1, 0.15) is 6.42 Å². The highest BCUT2D eigenvalue weighted by Crippen LogP contribution is 2.38. The van der Waals surface area contributed by atoms with E-state index in [-0.39, 0.29) is 18.2 Å². The van der Waals surface area contributed by atoms with Gasteiger partial charge in [0.15, 0.2) is 0 Å². The number of carbonyl (C=O) groups excluding carboxylic acids is 2. The largest absolute Gasteiger partial charge is 0.313 e. The molecule has 1 aliphatic heterocycles. The maximum atomic E-state index is 12.5. The van der Waals surface area contributed by atoms with Crippen molar-refractivity contribution >= 4 is 40.5 Å². The Morgan fingerprint density at radius 2 is 1.67 bits per heavy atom. The number of benzene rings is 2. The minimum atomic E-state index is -0.251. The number of para-hydroxylation sites is 1. The Morgan fingerprint density at radius 3 is 2.38 bits per heavy atom. The van der Waals surface area contributed by atoms with Crippen molar-refractivity contribution < 1.29 is 9.59 Å². The van der Waals surface area contributed by atoms with E-state index in [9.17, 15) is 9.59 Å². The first-order chi connectivity index (χ1) is 10.1. The molecule has 1 aliphatic rings. The van der Waals surface area contributed by atoms with E-state index in [0.29, 0.717) is 16.4 Å². The zero-order valence-corrected chi connectivity index (χ0v) is 12.2. The second-order valence-corrected chi connectivity index (χ2v) is 5.26. The number of fused-ring (bicyclic) bond motifs is 1. The van der Waals surface area contributed by atoms with Gasteiger partial charge in [0.2, 0.25) is 11.8 Å². The van der Waals surface area contributed by atoms with Gasteiger partial charge in [0, 0.05) is 17.8 Å². The van der Waals surface area contributed by atoms with Gasteiger partial charge in [-0.2, -0.15) is 0 Å². The maximum Gasteiger partial charge on any atom is 0.241 e. The van der Waals surface area contributed by atoms with Crippen LogP contribution in [0.25, 0.3) is 0 Å². The molecule has 0 saturated carbocycles. The minimum Gasteiger partial charge on any atom is -0.313 e. The number of amides is 2. The molecule has 0 aromatic heterocycles. The molecule has 2 amide bonds. The third-order valence-electron chi connectivity index (χ3n) is 3.48. The van der Waals surface area contributed by atoms with E-state index < -0.39 is 0 Å². The molecule has 1 heterocycles. The Hall–Kier alpha value is -2.33. The summed E-state index contributed by atoms with van der Waals surface area (Å²) >= 11 is 6.03. The van der Waals surface area contributed by atoms with Crippen LogP contribution < -0.4 is 9.80 Å². The van der Waals surface area contributed by atoms with Gasteiger partial charge in [0.25, 0.3) is 0 Å². The van der Waals surface area contributed by atoms with Crippen molar-refractivity contribution in [1.82, 2.24) is 0 Å². The number of hydrogen-bond donors (Lipinski definition) is 0. The molecule has 3 rings (SSSR count). The summed E-state index contributed by atoms with van der Waals surface area (Å²) in [4.78, 5) is 27.6. The van der Waals surface area contributed by atoms with Crippen molar-refractivity contribution in [3.8, 4) is 0 Å². The van der Waals surface area contributed by atoms with Gasteiger partial charge in [-0.05, 0) is 30.3 Å². The average molecular weight is 307 g/mol. The first-order valence-corrected chi connectivity index (χ1v) is 6.90. The van der Waals surface area contributed by atoms with Gasteiger partial charge in [-0.15, -0.1) is 0 Å². The zero-order chi connectivity index (χ0) is 15.0.